The van der Waals surface area contributed by atoms with Crippen LogP contribution in [-0.4, -0.2) is 5.66 Å². The molecule has 1 unspecified atom stereocenters. The maximum absolute atomic E-state index is 2.36. The van der Waals surface area contributed by atoms with Crippen LogP contribution >= 0.6 is 7.92 Å². The molecule has 126 valence electrons. The Kier molecular flexibility index (Phi) is 5.24. The third kappa shape index (κ3) is 3.77. The summed E-state index contributed by atoms with van der Waals surface area (Å²) >= 11 is 0. The van der Waals surface area contributed by atoms with E-state index in [1.165, 1.54) is 21.7 Å². The summed E-state index contributed by atoms with van der Waals surface area (Å²) in [6, 6.07) is 32.5. The summed E-state index contributed by atoms with van der Waals surface area (Å²) in [5.41, 5.74) is 3.00. The first-order valence-corrected chi connectivity index (χ1v) is 10.3. The fraction of sp³-hybridized carbons (Fsp3) is 0.0400. The molecule has 0 N–H and O–H groups in total. The molecule has 1 heteroatoms. The van der Waals surface area contributed by atoms with Crippen LogP contribution in [0.3, 0.4) is 0 Å². The Morgan fingerprint density at radius 3 is 1.73 bits per heavy atom. The van der Waals surface area contributed by atoms with Crippen molar-refractivity contribution < 1.29 is 0 Å². The van der Waals surface area contributed by atoms with Crippen LogP contribution < -0.4 is 10.6 Å². The van der Waals surface area contributed by atoms with Crippen LogP contribution in [0.25, 0.3) is 6.08 Å². The van der Waals surface area contributed by atoms with Crippen LogP contribution in [-0.2, 0) is 0 Å². The van der Waals surface area contributed by atoms with Gasteiger partial charge in [-0.15, -0.1) is 0 Å². The van der Waals surface area contributed by atoms with E-state index in [9.17, 15) is 0 Å². The van der Waals surface area contributed by atoms with Crippen LogP contribution in [0.1, 0.15) is 5.56 Å². The largest absolute Gasteiger partial charge is 0.0721 e. The Balaban J connectivity index is 1.80. The molecule has 1 atom stereocenters. The molecule has 0 bridgehead atoms. The van der Waals surface area contributed by atoms with E-state index in [-0.39, 0.29) is 0 Å². The van der Waals surface area contributed by atoms with Gasteiger partial charge in [0.05, 0.1) is 0 Å². The number of allylic oxidation sites excluding steroid dienone is 5. The minimum Gasteiger partial charge on any atom is -0.0721 e. The van der Waals surface area contributed by atoms with Gasteiger partial charge in [-0.3, -0.25) is 0 Å². The molecule has 0 heterocycles. The molecular formula is C25H21P. The van der Waals surface area contributed by atoms with Crippen LogP contribution in [0.5, 0.6) is 0 Å². The Morgan fingerprint density at radius 1 is 0.615 bits per heavy atom. The highest BCUT2D eigenvalue weighted by Gasteiger charge is 2.25. The van der Waals surface area contributed by atoms with Gasteiger partial charge in [0, 0.05) is 5.66 Å². The third-order valence-corrected chi connectivity index (χ3v) is 7.25. The molecule has 0 aromatic heterocycles. The first-order chi connectivity index (χ1) is 12.9. The Morgan fingerprint density at radius 2 is 1.15 bits per heavy atom. The Labute approximate surface area is 157 Å². The quantitative estimate of drug-likeness (QED) is 0.529. The maximum Gasteiger partial charge on any atom is 0.0305 e. The molecule has 0 nitrogen and oxygen atoms in total. The molecule has 1 aliphatic rings. The summed E-state index contributed by atoms with van der Waals surface area (Å²) in [5, 5.41) is 2.83. The van der Waals surface area contributed by atoms with E-state index < -0.39 is 7.92 Å². The van der Waals surface area contributed by atoms with Gasteiger partial charge in [-0.1, -0.05) is 121 Å². The van der Waals surface area contributed by atoms with Crippen molar-refractivity contribution in [1.29, 1.82) is 0 Å². The standard InChI is InChI=1S/C25H21P/c1-4-12-21(13-5-1)20-22-14-10-11-19-25(22)26(23-15-6-2-7-16-23)24-17-8-3-9-18-24/h1-20,25H. The lowest BCUT2D eigenvalue weighted by Crippen LogP contribution is -2.22. The normalized spacial score (nSPS) is 17.7. The highest BCUT2D eigenvalue weighted by molar-refractivity contribution is 7.74. The number of hydrogen-bond donors (Lipinski definition) is 0. The molecule has 0 saturated heterocycles. The molecule has 1 aliphatic carbocycles. The first-order valence-electron chi connectivity index (χ1n) is 8.93. The van der Waals surface area contributed by atoms with E-state index in [1.807, 2.05) is 0 Å². The lowest BCUT2D eigenvalue weighted by Gasteiger charge is -2.29. The summed E-state index contributed by atoms with van der Waals surface area (Å²) in [4.78, 5) is 0. The van der Waals surface area contributed by atoms with Gasteiger partial charge >= 0.3 is 0 Å². The fourth-order valence-electron chi connectivity index (χ4n) is 3.30. The average Bonchev–Trinajstić information content (AvgIpc) is 2.72. The molecule has 0 fully saturated rings. The Hall–Kier alpha value is -2.69. The van der Waals surface area contributed by atoms with Gasteiger partial charge in [-0.2, -0.15) is 0 Å². The average molecular weight is 352 g/mol. The van der Waals surface area contributed by atoms with E-state index >= 15 is 0 Å². The summed E-state index contributed by atoms with van der Waals surface area (Å²) < 4.78 is 0. The van der Waals surface area contributed by atoms with Gasteiger partial charge in [0.2, 0.25) is 0 Å². The molecule has 0 amide bonds. The monoisotopic (exact) mass is 352 g/mol. The van der Waals surface area contributed by atoms with Gasteiger partial charge < -0.3 is 0 Å². The molecule has 0 saturated carbocycles. The number of hydrogen-bond acceptors (Lipinski definition) is 0. The second-order valence-corrected chi connectivity index (χ2v) is 8.61. The smallest absolute Gasteiger partial charge is 0.0305 e. The highest BCUT2D eigenvalue weighted by Crippen LogP contribution is 2.45. The summed E-state index contributed by atoms with van der Waals surface area (Å²) in [7, 11) is -0.511. The molecule has 0 radical (unpaired) electrons. The summed E-state index contributed by atoms with van der Waals surface area (Å²) in [6.45, 7) is 0. The van der Waals surface area contributed by atoms with Crippen molar-refractivity contribution in [2.45, 2.75) is 5.66 Å². The highest BCUT2D eigenvalue weighted by atomic mass is 31.1. The van der Waals surface area contributed by atoms with Crippen molar-refractivity contribution in [3.63, 3.8) is 0 Å². The molecule has 4 rings (SSSR count). The van der Waals surface area contributed by atoms with Gasteiger partial charge in [-0.05, 0) is 29.7 Å². The predicted molar refractivity (Wildman–Crippen MR) is 116 cm³/mol. The van der Waals surface area contributed by atoms with Crippen LogP contribution in [0.15, 0.2) is 121 Å². The van der Waals surface area contributed by atoms with Crippen molar-refractivity contribution in [1.82, 2.24) is 0 Å². The minimum atomic E-state index is -0.511. The maximum atomic E-state index is 2.36. The molecule has 3 aromatic rings. The second-order valence-electron chi connectivity index (χ2n) is 6.28. The number of rotatable bonds is 4. The lowest BCUT2D eigenvalue weighted by atomic mass is 10.0. The second kappa shape index (κ2) is 8.13. The predicted octanol–water partition coefficient (Wildman–Crippen LogP) is 5.70. The van der Waals surface area contributed by atoms with Crippen LogP contribution in [0.4, 0.5) is 0 Å². The van der Waals surface area contributed by atoms with Crippen molar-refractivity contribution in [3.05, 3.63) is 126 Å². The zero-order chi connectivity index (χ0) is 17.6. The Bertz CT molecular complexity index is 882. The van der Waals surface area contributed by atoms with E-state index in [4.69, 9.17) is 0 Å². The van der Waals surface area contributed by atoms with E-state index in [0.29, 0.717) is 5.66 Å². The lowest BCUT2D eigenvalue weighted by molar-refractivity contribution is 1.29. The van der Waals surface area contributed by atoms with E-state index in [0.717, 1.165) is 0 Å². The SMILES string of the molecule is C1=CC(=Cc2ccccc2)C(P(c2ccccc2)c2ccccc2)C=C1. The molecular weight excluding hydrogens is 331 g/mol. The third-order valence-electron chi connectivity index (χ3n) is 4.51. The van der Waals surface area contributed by atoms with Gasteiger partial charge in [0.15, 0.2) is 0 Å². The topological polar surface area (TPSA) is 0 Å². The molecule has 0 spiro atoms. The van der Waals surface area contributed by atoms with Crippen LogP contribution in [0.2, 0.25) is 0 Å². The van der Waals surface area contributed by atoms with Crippen molar-refractivity contribution >= 4 is 24.6 Å². The van der Waals surface area contributed by atoms with Crippen molar-refractivity contribution in [2.75, 3.05) is 0 Å². The number of benzene rings is 3. The summed E-state index contributed by atoms with van der Waals surface area (Å²) in [6.07, 6.45) is 11.3. The van der Waals surface area contributed by atoms with Gasteiger partial charge in [-0.25, -0.2) is 0 Å². The van der Waals surface area contributed by atoms with Crippen molar-refractivity contribution in [3.8, 4) is 0 Å². The molecule has 3 aromatic carbocycles. The van der Waals surface area contributed by atoms with Gasteiger partial charge in [0.25, 0.3) is 0 Å². The first kappa shape index (κ1) is 16.8. The molecule has 26 heavy (non-hydrogen) atoms. The fourth-order valence-corrected chi connectivity index (χ4v) is 5.96. The molecule has 0 aliphatic heterocycles. The van der Waals surface area contributed by atoms with E-state index in [1.54, 1.807) is 0 Å². The zero-order valence-electron chi connectivity index (χ0n) is 14.6. The van der Waals surface area contributed by atoms with E-state index in [2.05, 4.69) is 121 Å². The van der Waals surface area contributed by atoms with Gasteiger partial charge in [0.1, 0.15) is 0 Å². The minimum absolute atomic E-state index is 0.375. The van der Waals surface area contributed by atoms with Crippen molar-refractivity contribution in [2.24, 2.45) is 0 Å². The van der Waals surface area contributed by atoms with Crippen LogP contribution in [0, 0.1) is 0 Å². The zero-order valence-corrected chi connectivity index (χ0v) is 15.5. The summed E-state index contributed by atoms with van der Waals surface area (Å²) in [5.74, 6) is 0.